The Hall–Kier alpha value is -2.88. The third-order valence-electron chi connectivity index (χ3n) is 3.08. The molecule has 4 heteroatoms. The van der Waals surface area contributed by atoms with Crippen molar-refractivity contribution in [2.75, 3.05) is 5.73 Å². The molecule has 3 aromatic rings. The van der Waals surface area contributed by atoms with E-state index in [0.29, 0.717) is 11.6 Å². The van der Waals surface area contributed by atoms with E-state index in [4.69, 9.17) is 10.5 Å². The number of hydrogen-bond acceptors (Lipinski definition) is 4. The van der Waals surface area contributed by atoms with E-state index in [1.54, 1.807) is 6.20 Å². The molecule has 0 aliphatic heterocycles. The monoisotopic (exact) mass is 277 g/mol. The average Bonchev–Trinajstić information content (AvgIpc) is 2.52. The summed E-state index contributed by atoms with van der Waals surface area (Å²) < 4.78 is 5.62. The summed E-state index contributed by atoms with van der Waals surface area (Å²) in [6.45, 7) is 0. The molecule has 1 aromatic heterocycles. The number of aromatic nitrogens is 2. The van der Waals surface area contributed by atoms with Gasteiger partial charge in [-0.2, -0.15) is 0 Å². The molecule has 104 valence electrons. The van der Waals surface area contributed by atoms with Crippen LogP contribution in [-0.4, -0.2) is 9.97 Å². The third-order valence-corrected chi connectivity index (χ3v) is 3.08. The first-order valence-electron chi connectivity index (χ1n) is 6.68. The summed E-state index contributed by atoms with van der Waals surface area (Å²) >= 11 is 0. The SMILES string of the molecule is Nc1nccnc1Oc1ccc(Cc2ccccc2)cc1. The number of rotatable bonds is 4. The molecule has 3 rings (SSSR count). The Kier molecular flexibility index (Phi) is 3.78. The van der Waals surface area contributed by atoms with Crippen LogP contribution in [0.3, 0.4) is 0 Å². The molecule has 4 nitrogen and oxygen atoms in total. The Bertz CT molecular complexity index is 712. The highest BCUT2D eigenvalue weighted by Crippen LogP contribution is 2.23. The number of hydrogen-bond donors (Lipinski definition) is 1. The van der Waals surface area contributed by atoms with E-state index in [0.717, 1.165) is 6.42 Å². The van der Waals surface area contributed by atoms with Gasteiger partial charge in [-0.3, -0.25) is 0 Å². The summed E-state index contributed by atoms with van der Waals surface area (Å²) in [7, 11) is 0. The van der Waals surface area contributed by atoms with Crippen molar-refractivity contribution in [2.24, 2.45) is 0 Å². The smallest absolute Gasteiger partial charge is 0.262 e. The number of anilines is 1. The van der Waals surface area contributed by atoms with Gasteiger partial charge in [-0.15, -0.1) is 0 Å². The number of ether oxygens (including phenoxy) is 1. The lowest BCUT2D eigenvalue weighted by Crippen LogP contribution is -1.97. The molecule has 0 saturated heterocycles. The molecule has 0 radical (unpaired) electrons. The van der Waals surface area contributed by atoms with Gasteiger partial charge in [0.2, 0.25) is 0 Å². The average molecular weight is 277 g/mol. The second-order valence-corrected chi connectivity index (χ2v) is 4.66. The van der Waals surface area contributed by atoms with Gasteiger partial charge in [0, 0.05) is 12.4 Å². The predicted molar refractivity (Wildman–Crippen MR) is 82.2 cm³/mol. The summed E-state index contributed by atoms with van der Waals surface area (Å²) in [5.41, 5.74) is 8.21. The van der Waals surface area contributed by atoms with E-state index in [9.17, 15) is 0 Å². The Morgan fingerprint density at radius 1 is 0.810 bits per heavy atom. The van der Waals surface area contributed by atoms with Crippen molar-refractivity contribution in [3.63, 3.8) is 0 Å². The Labute approximate surface area is 123 Å². The van der Waals surface area contributed by atoms with Gasteiger partial charge in [0.25, 0.3) is 5.88 Å². The van der Waals surface area contributed by atoms with Gasteiger partial charge in [0.1, 0.15) is 5.75 Å². The third kappa shape index (κ3) is 3.36. The minimum absolute atomic E-state index is 0.283. The van der Waals surface area contributed by atoms with Crippen LogP contribution < -0.4 is 10.5 Å². The van der Waals surface area contributed by atoms with Gasteiger partial charge in [-0.25, -0.2) is 9.97 Å². The van der Waals surface area contributed by atoms with E-state index >= 15 is 0 Å². The van der Waals surface area contributed by atoms with E-state index in [2.05, 4.69) is 22.1 Å². The van der Waals surface area contributed by atoms with Gasteiger partial charge in [-0.05, 0) is 29.7 Å². The Balaban J connectivity index is 1.71. The maximum absolute atomic E-state index is 5.70. The fourth-order valence-corrected chi connectivity index (χ4v) is 2.03. The van der Waals surface area contributed by atoms with Crippen LogP contribution in [-0.2, 0) is 6.42 Å². The normalized spacial score (nSPS) is 10.3. The lowest BCUT2D eigenvalue weighted by molar-refractivity contribution is 0.463. The van der Waals surface area contributed by atoms with Crippen molar-refractivity contribution >= 4 is 5.82 Å². The van der Waals surface area contributed by atoms with Crippen LogP contribution in [0.4, 0.5) is 5.82 Å². The summed E-state index contributed by atoms with van der Waals surface area (Å²) in [5, 5.41) is 0. The highest BCUT2D eigenvalue weighted by Gasteiger charge is 2.04. The van der Waals surface area contributed by atoms with Crippen molar-refractivity contribution in [3.05, 3.63) is 78.1 Å². The molecule has 0 atom stereocenters. The minimum Gasteiger partial charge on any atom is -0.436 e. The molecular weight excluding hydrogens is 262 g/mol. The van der Waals surface area contributed by atoms with E-state index in [1.165, 1.54) is 17.3 Å². The van der Waals surface area contributed by atoms with E-state index in [-0.39, 0.29) is 5.82 Å². The summed E-state index contributed by atoms with van der Waals surface area (Å²) in [6, 6.07) is 18.2. The second-order valence-electron chi connectivity index (χ2n) is 4.66. The zero-order valence-electron chi connectivity index (χ0n) is 11.4. The van der Waals surface area contributed by atoms with Gasteiger partial charge in [0.05, 0.1) is 0 Å². The molecule has 2 aromatic carbocycles. The topological polar surface area (TPSA) is 61.0 Å². The minimum atomic E-state index is 0.283. The number of benzene rings is 2. The maximum Gasteiger partial charge on any atom is 0.262 e. The van der Waals surface area contributed by atoms with Crippen molar-refractivity contribution in [1.82, 2.24) is 9.97 Å². The summed E-state index contributed by atoms with van der Waals surface area (Å²) in [6.07, 6.45) is 3.98. The zero-order valence-corrected chi connectivity index (χ0v) is 11.4. The second kappa shape index (κ2) is 6.05. The molecule has 0 fully saturated rings. The molecule has 0 aliphatic rings. The molecule has 21 heavy (non-hydrogen) atoms. The van der Waals surface area contributed by atoms with E-state index < -0.39 is 0 Å². The Morgan fingerprint density at radius 2 is 1.48 bits per heavy atom. The lowest BCUT2D eigenvalue weighted by atomic mass is 10.1. The van der Waals surface area contributed by atoms with Gasteiger partial charge in [-0.1, -0.05) is 42.5 Å². The lowest BCUT2D eigenvalue weighted by Gasteiger charge is -2.07. The van der Waals surface area contributed by atoms with Crippen LogP contribution in [0.5, 0.6) is 11.6 Å². The van der Waals surface area contributed by atoms with Gasteiger partial charge < -0.3 is 10.5 Å². The Morgan fingerprint density at radius 3 is 2.19 bits per heavy atom. The molecule has 0 aliphatic carbocycles. The highest BCUT2D eigenvalue weighted by atomic mass is 16.5. The first kappa shape index (κ1) is 13.1. The standard InChI is InChI=1S/C17H15N3O/c18-16-17(20-11-10-19-16)21-15-8-6-14(7-9-15)12-13-4-2-1-3-5-13/h1-11H,12H2,(H2,18,19). The van der Waals surface area contributed by atoms with Crippen molar-refractivity contribution < 1.29 is 4.74 Å². The molecular formula is C17H15N3O. The fourth-order valence-electron chi connectivity index (χ4n) is 2.03. The van der Waals surface area contributed by atoms with Crippen LogP contribution in [0.15, 0.2) is 67.0 Å². The van der Waals surface area contributed by atoms with Gasteiger partial charge >= 0.3 is 0 Å². The van der Waals surface area contributed by atoms with Crippen LogP contribution >= 0.6 is 0 Å². The first-order valence-corrected chi connectivity index (χ1v) is 6.68. The summed E-state index contributed by atoms with van der Waals surface area (Å²) in [5.74, 6) is 1.30. The van der Waals surface area contributed by atoms with Crippen LogP contribution in [0, 0.1) is 0 Å². The largest absolute Gasteiger partial charge is 0.436 e. The van der Waals surface area contributed by atoms with Crippen LogP contribution in [0.2, 0.25) is 0 Å². The predicted octanol–water partition coefficient (Wildman–Crippen LogP) is 3.44. The molecule has 0 bridgehead atoms. The van der Waals surface area contributed by atoms with Gasteiger partial charge in [0.15, 0.2) is 5.82 Å². The molecule has 0 spiro atoms. The number of nitrogen functional groups attached to an aromatic ring is 1. The molecule has 1 heterocycles. The molecule has 0 saturated carbocycles. The number of nitrogens with two attached hydrogens (primary N) is 1. The molecule has 0 unspecified atom stereocenters. The van der Waals surface area contributed by atoms with Crippen LogP contribution in [0.1, 0.15) is 11.1 Å². The van der Waals surface area contributed by atoms with Crippen LogP contribution in [0.25, 0.3) is 0 Å². The molecule has 0 amide bonds. The first-order chi connectivity index (χ1) is 10.3. The fraction of sp³-hybridized carbons (Fsp3) is 0.0588. The number of nitrogens with zero attached hydrogens (tertiary/aromatic N) is 2. The summed E-state index contributed by atoms with van der Waals surface area (Å²) in [4.78, 5) is 7.99. The van der Waals surface area contributed by atoms with E-state index in [1.807, 2.05) is 42.5 Å². The maximum atomic E-state index is 5.70. The highest BCUT2D eigenvalue weighted by molar-refractivity contribution is 5.42. The molecule has 2 N–H and O–H groups in total. The van der Waals surface area contributed by atoms with Crippen molar-refractivity contribution in [2.45, 2.75) is 6.42 Å². The van der Waals surface area contributed by atoms with Crippen molar-refractivity contribution in [3.8, 4) is 11.6 Å². The van der Waals surface area contributed by atoms with Crippen molar-refractivity contribution in [1.29, 1.82) is 0 Å². The zero-order chi connectivity index (χ0) is 14.5. The quantitative estimate of drug-likeness (QED) is 0.793.